The van der Waals surface area contributed by atoms with E-state index in [9.17, 15) is 18.3 Å². The molecule has 1 amide bonds. The number of carbonyl (C=O) groups is 1. The summed E-state index contributed by atoms with van der Waals surface area (Å²) >= 11 is 0. The number of para-hydroxylation sites is 1. The van der Waals surface area contributed by atoms with Crippen LogP contribution in [-0.2, 0) is 16.6 Å². The number of carboxylic acid groups (broad SMARTS) is 1. The quantitative estimate of drug-likeness (QED) is 0.488. The van der Waals surface area contributed by atoms with Crippen LogP contribution in [0.3, 0.4) is 0 Å². The first-order valence-electron chi connectivity index (χ1n) is 11.5. The van der Waals surface area contributed by atoms with Crippen LogP contribution in [0.5, 0.6) is 5.75 Å². The Hall–Kier alpha value is -2.97. The predicted molar refractivity (Wildman–Crippen MR) is 130 cm³/mol. The minimum Gasteiger partial charge on any atom is -0.487 e. The third kappa shape index (κ3) is 3.65. The zero-order valence-electron chi connectivity index (χ0n) is 20.3. The van der Waals surface area contributed by atoms with Crippen LogP contribution in [0.4, 0.5) is 4.79 Å². The number of hydrogen-bond donors (Lipinski definition) is 1. The number of quaternary nitrogens is 1. The molecular weight excluding hydrogens is 452 g/mol. The molecule has 2 aromatic carbocycles. The van der Waals surface area contributed by atoms with E-state index in [-0.39, 0.29) is 18.0 Å². The van der Waals surface area contributed by atoms with Gasteiger partial charge in [0.15, 0.2) is 0 Å². The molecule has 0 radical (unpaired) electrons. The second-order valence-electron chi connectivity index (χ2n) is 9.27. The molecule has 1 aromatic heterocycles. The van der Waals surface area contributed by atoms with Crippen molar-refractivity contribution in [1.82, 2.24) is 4.98 Å². The molecule has 0 bridgehead atoms. The number of pyridine rings is 1. The summed E-state index contributed by atoms with van der Waals surface area (Å²) in [6, 6.07) is 10.5. The Bertz CT molecular complexity index is 1400. The zero-order valence-corrected chi connectivity index (χ0v) is 21.1. The minimum absolute atomic E-state index is 0.0515. The molecule has 0 spiro atoms. The van der Waals surface area contributed by atoms with E-state index in [2.05, 4.69) is 4.98 Å². The SMILES string of the molecule is Cc1cc(C)c2cccc(OCc3c(C)ccc(S(=O)(=O)[N+]4(C(=O)O)CCC[C@H]4C)c3C)c2n1. The molecule has 1 fully saturated rings. The fourth-order valence-corrected chi connectivity index (χ4v) is 7.42. The number of rotatable bonds is 5. The Kier molecular flexibility index (Phi) is 6.16. The van der Waals surface area contributed by atoms with Gasteiger partial charge in [0.2, 0.25) is 0 Å². The van der Waals surface area contributed by atoms with Gasteiger partial charge in [-0.1, -0.05) is 18.2 Å². The molecule has 0 aliphatic carbocycles. The molecule has 1 saturated heterocycles. The molecule has 8 heteroatoms. The van der Waals surface area contributed by atoms with Crippen LogP contribution in [-0.4, -0.2) is 41.1 Å². The number of sulfonamides is 1. The van der Waals surface area contributed by atoms with Crippen molar-refractivity contribution in [2.24, 2.45) is 0 Å². The monoisotopic (exact) mass is 483 g/mol. The smallest absolute Gasteiger partial charge is 0.487 e. The Morgan fingerprint density at radius 3 is 2.53 bits per heavy atom. The molecule has 0 saturated carbocycles. The highest BCUT2D eigenvalue weighted by molar-refractivity contribution is 7.86. The zero-order chi connectivity index (χ0) is 24.8. The van der Waals surface area contributed by atoms with Crippen LogP contribution >= 0.6 is 0 Å². The first-order valence-corrected chi connectivity index (χ1v) is 12.9. The van der Waals surface area contributed by atoms with Crippen molar-refractivity contribution < 1.29 is 26.9 Å². The summed E-state index contributed by atoms with van der Waals surface area (Å²) in [4.78, 5) is 17.0. The number of aryl methyl sites for hydroxylation is 3. The van der Waals surface area contributed by atoms with Gasteiger partial charge in [-0.3, -0.25) is 0 Å². The van der Waals surface area contributed by atoms with Crippen molar-refractivity contribution in [3.05, 3.63) is 64.3 Å². The fourth-order valence-electron chi connectivity index (χ4n) is 5.16. The van der Waals surface area contributed by atoms with Crippen LogP contribution < -0.4 is 4.74 Å². The van der Waals surface area contributed by atoms with Crippen molar-refractivity contribution in [3.8, 4) is 5.75 Å². The first kappa shape index (κ1) is 24.2. The third-order valence-electron chi connectivity index (χ3n) is 7.15. The Morgan fingerprint density at radius 2 is 1.88 bits per heavy atom. The highest BCUT2D eigenvalue weighted by Crippen LogP contribution is 2.38. The highest BCUT2D eigenvalue weighted by Gasteiger charge is 2.57. The maximum Gasteiger partial charge on any atom is 0.529 e. The summed E-state index contributed by atoms with van der Waals surface area (Å²) in [6.07, 6.45) is -0.213. The number of benzene rings is 2. The summed E-state index contributed by atoms with van der Waals surface area (Å²) < 4.78 is 32.7. The maximum atomic E-state index is 13.8. The number of ether oxygens (including phenoxy) is 1. The second-order valence-corrected chi connectivity index (χ2v) is 11.3. The number of aromatic nitrogens is 1. The molecule has 2 atom stereocenters. The van der Waals surface area contributed by atoms with Gasteiger partial charge in [-0.2, -0.15) is 13.2 Å². The molecule has 2 heterocycles. The van der Waals surface area contributed by atoms with Gasteiger partial charge in [0.05, 0.1) is 0 Å². The second kappa shape index (κ2) is 8.67. The van der Waals surface area contributed by atoms with Crippen LogP contribution in [0, 0.1) is 27.7 Å². The number of amides is 1. The number of fused-ring (bicyclic) bond motifs is 1. The summed E-state index contributed by atoms with van der Waals surface area (Å²) in [7, 11) is -4.18. The van der Waals surface area contributed by atoms with E-state index in [1.54, 1.807) is 19.9 Å². The van der Waals surface area contributed by atoms with Gasteiger partial charge in [0.25, 0.3) is 0 Å². The molecule has 7 nitrogen and oxygen atoms in total. The van der Waals surface area contributed by atoms with E-state index in [0.717, 1.165) is 33.3 Å². The topological polar surface area (TPSA) is 93.6 Å². The average Bonchev–Trinajstić information content (AvgIpc) is 3.16. The molecule has 3 aromatic rings. The van der Waals surface area contributed by atoms with E-state index in [1.165, 1.54) is 6.07 Å². The molecule has 1 aliphatic heterocycles. The summed E-state index contributed by atoms with van der Waals surface area (Å²) in [5, 5.41) is 11.0. The molecule has 1 unspecified atom stereocenters. The lowest BCUT2D eigenvalue weighted by Crippen LogP contribution is -2.58. The molecule has 1 aliphatic rings. The van der Waals surface area contributed by atoms with Gasteiger partial charge in [-0.25, -0.2) is 4.98 Å². The van der Waals surface area contributed by atoms with Crippen molar-refractivity contribution >= 4 is 27.0 Å². The van der Waals surface area contributed by atoms with Gasteiger partial charge in [0.1, 0.15) is 35.4 Å². The van der Waals surface area contributed by atoms with Crippen molar-refractivity contribution in [3.63, 3.8) is 0 Å². The third-order valence-corrected chi connectivity index (χ3v) is 9.70. The van der Waals surface area contributed by atoms with Gasteiger partial charge < -0.3 is 9.84 Å². The van der Waals surface area contributed by atoms with E-state index in [1.807, 2.05) is 45.0 Å². The molecule has 4 rings (SSSR count). The average molecular weight is 484 g/mol. The molecule has 34 heavy (non-hydrogen) atoms. The predicted octanol–water partition coefficient (Wildman–Crippen LogP) is 5.41. The number of likely N-dealkylation sites (tertiary alicyclic amines) is 1. The highest BCUT2D eigenvalue weighted by atomic mass is 32.2. The van der Waals surface area contributed by atoms with Crippen LogP contribution in [0.25, 0.3) is 10.9 Å². The van der Waals surface area contributed by atoms with Crippen LogP contribution in [0.1, 0.15) is 47.7 Å². The normalized spacial score (nSPS) is 20.6. The summed E-state index contributed by atoms with van der Waals surface area (Å²) in [5.74, 6) is 0.624. The van der Waals surface area contributed by atoms with Crippen molar-refractivity contribution in [2.45, 2.75) is 65.0 Å². The minimum atomic E-state index is -4.18. The van der Waals surface area contributed by atoms with Gasteiger partial charge in [0, 0.05) is 23.9 Å². The molecular formula is C26H31N2O5S+. The lowest BCUT2D eigenvalue weighted by molar-refractivity contribution is -0.741. The van der Waals surface area contributed by atoms with E-state index in [4.69, 9.17) is 4.74 Å². The number of nitrogens with zero attached hydrogens (tertiary/aromatic N) is 2. The first-order chi connectivity index (χ1) is 16.0. The summed E-state index contributed by atoms with van der Waals surface area (Å²) in [5.41, 5.74) is 4.91. The molecule has 1 N–H and O–H groups in total. The number of hydrogen-bond acceptors (Lipinski definition) is 5. The summed E-state index contributed by atoms with van der Waals surface area (Å²) in [6.45, 7) is 9.51. The van der Waals surface area contributed by atoms with Crippen LogP contribution in [0.15, 0.2) is 41.3 Å². The van der Waals surface area contributed by atoms with Gasteiger partial charge in [-0.05, 0) is 75.1 Å². The fraction of sp³-hybridized carbons (Fsp3) is 0.385. The Morgan fingerprint density at radius 1 is 1.15 bits per heavy atom. The lowest BCUT2D eigenvalue weighted by Gasteiger charge is -2.31. The maximum absolute atomic E-state index is 13.8. The Labute approximate surface area is 200 Å². The largest absolute Gasteiger partial charge is 0.529 e. The van der Waals surface area contributed by atoms with Gasteiger partial charge >= 0.3 is 16.1 Å². The van der Waals surface area contributed by atoms with Gasteiger partial charge in [-0.15, -0.1) is 3.89 Å². The standard InChI is InChI=1S/C26H30N2O5S/c1-16-11-12-24(34(31,32)28(26(29)30)13-7-8-19(28)4)20(5)22(16)15-33-23-10-6-9-21-17(2)14-18(3)27-25(21)23/h6,9-12,14,19H,7-8,13,15H2,1-5H3/p+1/t19-,28?/m1/s1. The Balaban J connectivity index is 1.75. The van der Waals surface area contributed by atoms with E-state index in [0.29, 0.717) is 24.2 Å². The van der Waals surface area contributed by atoms with Crippen molar-refractivity contribution in [2.75, 3.05) is 6.54 Å². The van der Waals surface area contributed by atoms with E-state index < -0.39 is 26.0 Å². The van der Waals surface area contributed by atoms with Crippen LogP contribution in [0.2, 0.25) is 0 Å². The molecule has 180 valence electrons. The lowest BCUT2D eigenvalue weighted by atomic mass is 10.0. The van der Waals surface area contributed by atoms with E-state index >= 15 is 0 Å². The van der Waals surface area contributed by atoms with Crippen molar-refractivity contribution in [1.29, 1.82) is 0 Å².